The largest absolute Gasteiger partial charge is 0.478 e. The molecule has 0 saturated heterocycles. The average Bonchev–Trinajstić information content (AvgIpc) is 2.38. The van der Waals surface area contributed by atoms with Crippen LogP contribution in [0.15, 0.2) is 30.5 Å². The number of methoxy groups -OCH3 is 1. The maximum absolute atomic E-state index is 11.1. The van der Waals surface area contributed by atoms with Crippen molar-refractivity contribution in [3.05, 3.63) is 36.0 Å². The van der Waals surface area contributed by atoms with Crippen LogP contribution in [-0.2, 0) is 4.74 Å². The number of pyridine rings is 1. The third-order valence-electron chi connectivity index (χ3n) is 2.64. The summed E-state index contributed by atoms with van der Waals surface area (Å²) >= 11 is 0. The standard InChI is InChI=1S/C13H14N2O3/c1-18-8-7-15-12-10-3-2-4-11(13(16)17)9(10)5-6-14-12/h2-6H,7-8H2,1H3,(H,14,15)(H,16,17). The topological polar surface area (TPSA) is 71.5 Å². The highest BCUT2D eigenvalue weighted by atomic mass is 16.5. The van der Waals surface area contributed by atoms with Gasteiger partial charge in [-0.05, 0) is 12.1 Å². The predicted molar refractivity (Wildman–Crippen MR) is 69.1 cm³/mol. The summed E-state index contributed by atoms with van der Waals surface area (Å²) in [6, 6.07) is 6.86. The van der Waals surface area contributed by atoms with Crippen LogP contribution < -0.4 is 5.32 Å². The molecule has 1 aromatic carbocycles. The number of aromatic carboxylic acids is 1. The fourth-order valence-corrected chi connectivity index (χ4v) is 1.81. The van der Waals surface area contributed by atoms with Gasteiger partial charge in [0, 0.05) is 30.6 Å². The van der Waals surface area contributed by atoms with Crippen LogP contribution in [0.3, 0.4) is 0 Å². The Hall–Kier alpha value is -2.14. The van der Waals surface area contributed by atoms with E-state index >= 15 is 0 Å². The molecule has 0 aliphatic carbocycles. The molecular formula is C13H14N2O3. The second kappa shape index (κ2) is 5.46. The van der Waals surface area contributed by atoms with Crippen molar-refractivity contribution in [3.8, 4) is 0 Å². The first-order valence-corrected chi connectivity index (χ1v) is 5.58. The average molecular weight is 246 g/mol. The molecule has 0 aliphatic rings. The second-order valence-electron chi connectivity index (χ2n) is 3.78. The maximum Gasteiger partial charge on any atom is 0.336 e. The summed E-state index contributed by atoms with van der Waals surface area (Å²) in [6.07, 6.45) is 1.60. The maximum atomic E-state index is 11.1. The number of rotatable bonds is 5. The fraction of sp³-hybridized carbons (Fsp3) is 0.231. The van der Waals surface area contributed by atoms with Gasteiger partial charge >= 0.3 is 5.97 Å². The minimum absolute atomic E-state index is 0.282. The Morgan fingerprint density at radius 2 is 2.22 bits per heavy atom. The summed E-state index contributed by atoms with van der Waals surface area (Å²) in [5.41, 5.74) is 0.282. The molecule has 0 saturated carbocycles. The lowest BCUT2D eigenvalue weighted by Gasteiger charge is -2.09. The van der Waals surface area contributed by atoms with Crippen LogP contribution in [0.25, 0.3) is 10.8 Å². The van der Waals surface area contributed by atoms with Crippen molar-refractivity contribution in [2.24, 2.45) is 0 Å². The Kier molecular flexibility index (Phi) is 3.74. The van der Waals surface area contributed by atoms with Crippen LogP contribution in [0.1, 0.15) is 10.4 Å². The van der Waals surface area contributed by atoms with Crippen molar-refractivity contribution < 1.29 is 14.6 Å². The monoisotopic (exact) mass is 246 g/mol. The van der Waals surface area contributed by atoms with Gasteiger partial charge in [-0.25, -0.2) is 9.78 Å². The van der Waals surface area contributed by atoms with Gasteiger partial charge in [0.15, 0.2) is 0 Å². The first-order valence-electron chi connectivity index (χ1n) is 5.58. The number of hydrogen-bond acceptors (Lipinski definition) is 4. The Balaban J connectivity index is 2.43. The van der Waals surface area contributed by atoms with Gasteiger partial charge in [-0.2, -0.15) is 0 Å². The lowest BCUT2D eigenvalue weighted by molar-refractivity contribution is 0.0699. The summed E-state index contributed by atoms with van der Waals surface area (Å²) in [7, 11) is 1.63. The Morgan fingerprint density at radius 3 is 2.94 bits per heavy atom. The number of carboxylic acids is 1. The summed E-state index contributed by atoms with van der Waals surface area (Å²) in [4.78, 5) is 15.3. The van der Waals surface area contributed by atoms with Crippen LogP contribution in [0, 0.1) is 0 Å². The van der Waals surface area contributed by atoms with Crippen LogP contribution in [0.5, 0.6) is 0 Å². The first-order chi connectivity index (χ1) is 8.74. The predicted octanol–water partition coefficient (Wildman–Crippen LogP) is 1.99. The number of aromatic nitrogens is 1. The highest BCUT2D eigenvalue weighted by molar-refractivity contribution is 6.06. The molecular weight excluding hydrogens is 232 g/mol. The molecule has 0 unspecified atom stereocenters. The van der Waals surface area contributed by atoms with Gasteiger partial charge in [0.25, 0.3) is 0 Å². The molecule has 5 heteroatoms. The second-order valence-corrected chi connectivity index (χ2v) is 3.78. The number of fused-ring (bicyclic) bond motifs is 1. The number of ether oxygens (including phenoxy) is 1. The van der Waals surface area contributed by atoms with E-state index in [1.54, 1.807) is 31.5 Å². The van der Waals surface area contributed by atoms with Crippen molar-refractivity contribution in [1.82, 2.24) is 4.98 Å². The van der Waals surface area contributed by atoms with E-state index in [4.69, 9.17) is 9.84 Å². The van der Waals surface area contributed by atoms with Crippen molar-refractivity contribution in [2.45, 2.75) is 0 Å². The molecule has 0 spiro atoms. The van der Waals surface area contributed by atoms with E-state index in [2.05, 4.69) is 10.3 Å². The Bertz CT molecular complexity index is 569. The van der Waals surface area contributed by atoms with Crippen molar-refractivity contribution in [1.29, 1.82) is 0 Å². The van der Waals surface area contributed by atoms with Crippen molar-refractivity contribution in [2.75, 3.05) is 25.6 Å². The van der Waals surface area contributed by atoms with Crippen LogP contribution >= 0.6 is 0 Å². The quantitative estimate of drug-likeness (QED) is 0.789. The lowest BCUT2D eigenvalue weighted by Crippen LogP contribution is -2.09. The van der Waals surface area contributed by atoms with E-state index in [1.807, 2.05) is 6.07 Å². The van der Waals surface area contributed by atoms with Gasteiger partial charge in [0.1, 0.15) is 5.82 Å². The van der Waals surface area contributed by atoms with Crippen LogP contribution in [0.2, 0.25) is 0 Å². The third-order valence-corrected chi connectivity index (χ3v) is 2.64. The van der Waals surface area contributed by atoms with Crippen molar-refractivity contribution in [3.63, 3.8) is 0 Å². The summed E-state index contributed by atoms with van der Waals surface area (Å²) in [5, 5.41) is 13.7. The number of nitrogens with zero attached hydrogens (tertiary/aromatic N) is 1. The van der Waals surface area contributed by atoms with E-state index in [-0.39, 0.29) is 5.56 Å². The first kappa shape index (κ1) is 12.3. The van der Waals surface area contributed by atoms with E-state index < -0.39 is 5.97 Å². The summed E-state index contributed by atoms with van der Waals surface area (Å²) < 4.78 is 4.95. The summed E-state index contributed by atoms with van der Waals surface area (Å²) in [5.74, 6) is -0.262. The Labute approximate surface area is 104 Å². The van der Waals surface area contributed by atoms with Crippen molar-refractivity contribution >= 4 is 22.6 Å². The third kappa shape index (κ3) is 2.41. The molecule has 2 aromatic rings. The van der Waals surface area contributed by atoms with Gasteiger partial charge < -0.3 is 15.2 Å². The van der Waals surface area contributed by atoms with E-state index in [1.165, 1.54) is 0 Å². The summed E-state index contributed by atoms with van der Waals surface area (Å²) in [6.45, 7) is 1.19. The number of benzene rings is 1. The molecule has 94 valence electrons. The molecule has 0 amide bonds. The van der Waals surface area contributed by atoms with Crippen LogP contribution in [-0.4, -0.2) is 36.3 Å². The zero-order chi connectivity index (χ0) is 13.0. The fourth-order valence-electron chi connectivity index (χ4n) is 1.81. The van der Waals surface area contributed by atoms with E-state index in [9.17, 15) is 4.79 Å². The van der Waals surface area contributed by atoms with Gasteiger partial charge in [-0.15, -0.1) is 0 Å². The van der Waals surface area contributed by atoms with Gasteiger partial charge in [-0.3, -0.25) is 0 Å². The number of carboxylic acid groups (broad SMARTS) is 1. The number of nitrogens with one attached hydrogen (secondary N) is 1. The molecule has 2 N–H and O–H groups in total. The number of anilines is 1. The molecule has 0 aliphatic heterocycles. The van der Waals surface area contributed by atoms with E-state index in [0.29, 0.717) is 24.4 Å². The Morgan fingerprint density at radius 1 is 1.39 bits per heavy atom. The number of hydrogen-bond donors (Lipinski definition) is 2. The minimum atomic E-state index is -0.936. The van der Waals surface area contributed by atoms with Gasteiger partial charge in [0.2, 0.25) is 0 Å². The molecule has 18 heavy (non-hydrogen) atoms. The minimum Gasteiger partial charge on any atom is -0.478 e. The smallest absolute Gasteiger partial charge is 0.336 e. The lowest BCUT2D eigenvalue weighted by atomic mass is 10.1. The SMILES string of the molecule is COCCNc1nccc2c(C(=O)O)cccc12. The highest BCUT2D eigenvalue weighted by Crippen LogP contribution is 2.24. The molecule has 1 heterocycles. The molecule has 1 aromatic heterocycles. The number of carbonyl (C=O) groups is 1. The van der Waals surface area contributed by atoms with E-state index in [0.717, 1.165) is 5.39 Å². The normalized spacial score (nSPS) is 10.5. The molecule has 0 fully saturated rings. The highest BCUT2D eigenvalue weighted by Gasteiger charge is 2.10. The molecule has 0 atom stereocenters. The molecule has 2 rings (SSSR count). The van der Waals surface area contributed by atoms with Crippen LogP contribution in [0.4, 0.5) is 5.82 Å². The molecule has 0 radical (unpaired) electrons. The van der Waals surface area contributed by atoms with Gasteiger partial charge in [-0.1, -0.05) is 12.1 Å². The molecule has 0 bridgehead atoms. The zero-order valence-electron chi connectivity index (χ0n) is 10.0. The molecule has 5 nitrogen and oxygen atoms in total. The van der Waals surface area contributed by atoms with Gasteiger partial charge in [0.05, 0.1) is 12.2 Å². The zero-order valence-corrected chi connectivity index (χ0v) is 10.0.